The van der Waals surface area contributed by atoms with E-state index in [1.807, 2.05) is 34.6 Å². The van der Waals surface area contributed by atoms with E-state index in [2.05, 4.69) is 10.3 Å². The molecule has 0 spiro atoms. The van der Waals surface area contributed by atoms with Gasteiger partial charge in [-0.05, 0) is 47.5 Å². The SMILES string of the molecule is Cc1nc(NC(=O)CN(C(=O)C2CCCCC2)C(C)(C)C)sc1C. The van der Waals surface area contributed by atoms with Crippen LogP contribution in [-0.2, 0) is 9.59 Å². The van der Waals surface area contributed by atoms with Gasteiger partial charge in [-0.2, -0.15) is 0 Å². The maximum Gasteiger partial charge on any atom is 0.245 e. The molecular formula is C18H29N3O2S. The van der Waals surface area contributed by atoms with Crippen LogP contribution < -0.4 is 5.32 Å². The summed E-state index contributed by atoms with van der Waals surface area (Å²) in [4.78, 5) is 32.5. The van der Waals surface area contributed by atoms with Crippen molar-refractivity contribution < 1.29 is 9.59 Å². The second-order valence-electron chi connectivity index (χ2n) is 7.64. The standard InChI is InChI=1S/C18H29N3O2S/c1-12-13(2)24-17(19-12)20-15(22)11-21(18(3,4)5)16(23)14-9-7-6-8-10-14/h14H,6-11H2,1-5H3,(H,19,20,22). The molecule has 1 aromatic heterocycles. The zero-order chi connectivity index (χ0) is 17.9. The molecule has 1 fully saturated rings. The molecule has 2 rings (SSSR count). The van der Waals surface area contributed by atoms with E-state index < -0.39 is 0 Å². The Bertz CT molecular complexity index is 578. The molecule has 0 aliphatic heterocycles. The fourth-order valence-corrected chi connectivity index (χ4v) is 3.88. The summed E-state index contributed by atoms with van der Waals surface area (Å²) in [5.41, 5.74) is 0.557. The van der Waals surface area contributed by atoms with Gasteiger partial charge in [0.15, 0.2) is 5.13 Å². The zero-order valence-electron chi connectivity index (χ0n) is 15.4. The molecule has 0 unspecified atom stereocenters. The van der Waals surface area contributed by atoms with Crippen LogP contribution >= 0.6 is 11.3 Å². The highest BCUT2D eigenvalue weighted by molar-refractivity contribution is 7.15. The highest BCUT2D eigenvalue weighted by Gasteiger charge is 2.33. The van der Waals surface area contributed by atoms with E-state index in [9.17, 15) is 9.59 Å². The number of anilines is 1. The van der Waals surface area contributed by atoms with Crippen LogP contribution in [0.1, 0.15) is 63.4 Å². The van der Waals surface area contributed by atoms with Crippen LogP contribution in [0.5, 0.6) is 0 Å². The molecule has 1 N–H and O–H groups in total. The first-order chi connectivity index (χ1) is 11.2. The Morgan fingerprint density at radius 2 is 1.83 bits per heavy atom. The molecule has 6 heteroatoms. The molecule has 134 valence electrons. The first kappa shape index (κ1) is 18.9. The summed E-state index contributed by atoms with van der Waals surface area (Å²) in [7, 11) is 0. The van der Waals surface area contributed by atoms with E-state index in [0.717, 1.165) is 36.3 Å². The highest BCUT2D eigenvalue weighted by atomic mass is 32.1. The largest absolute Gasteiger partial charge is 0.328 e. The lowest BCUT2D eigenvalue weighted by molar-refractivity contribution is -0.144. The molecule has 1 heterocycles. The van der Waals surface area contributed by atoms with Gasteiger partial charge in [-0.1, -0.05) is 19.3 Å². The van der Waals surface area contributed by atoms with Gasteiger partial charge < -0.3 is 10.2 Å². The second kappa shape index (κ2) is 7.64. The molecule has 0 bridgehead atoms. The van der Waals surface area contributed by atoms with Crippen LogP contribution in [0.3, 0.4) is 0 Å². The Labute approximate surface area is 148 Å². The smallest absolute Gasteiger partial charge is 0.245 e. The van der Waals surface area contributed by atoms with Gasteiger partial charge in [0.25, 0.3) is 0 Å². The van der Waals surface area contributed by atoms with Gasteiger partial charge in [-0.15, -0.1) is 11.3 Å². The van der Waals surface area contributed by atoms with Crippen LogP contribution in [-0.4, -0.2) is 33.8 Å². The third-order valence-electron chi connectivity index (χ3n) is 4.61. The van der Waals surface area contributed by atoms with Crippen molar-refractivity contribution in [2.24, 2.45) is 5.92 Å². The third-order valence-corrected chi connectivity index (χ3v) is 5.60. The first-order valence-electron chi connectivity index (χ1n) is 8.74. The van der Waals surface area contributed by atoms with Gasteiger partial charge in [0.2, 0.25) is 11.8 Å². The molecule has 1 aliphatic rings. The average molecular weight is 352 g/mol. The Kier molecular flexibility index (Phi) is 6.01. The molecule has 0 atom stereocenters. The minimum atomic E-state index is -0.374. The molecule has 1 aromatic rings. The number of amides is 2. The van der Waals surface area contributed by atoms with E-state index in [-0.39, 0.29) is 29.8 Å². The van der Waals surface area contributed by atoms with Crippen molar-refractivity contribution >= 4 is 28.3 Å². The monoisotopic (exact) mass is 351 g/mol. The number of thiazole rings is 1. The van der Waals surface area contributed by atoms with E-state index >= 15 is 0 Å². The third kappa shape index (κ3) is 4.79. The lowest BCUT2D eigenvalue weighted by Gasteiger charge is -2.38. The number of carbonyl (C=O) groups is 2. The normalized spacial score (nSPS) is 16.0. The second-order valence-corrected chi connectivity index (χ2v) is 8.84. The van der Waals surface area contributed by atoms with E-state index in [1.165, 1.54) is 17.8 Å². The molecule has 5 nitrogen and oxygen atoms in total. The molecule has 0 radical (unpaired) electrons. The van der Waals surface area contributed by atoms with E-state index in [4.69, 9.17) is 0 Å². The molecule has 0 saturated heterocycles. The van der Waals surface area contributed by atoms with Gasteiger partial charge in [0.05, 0.1) is 5.69 Å². The lowest BCUT2D eigenvalue weighted by Crippen LogP contribution is -2.51. The Hall–Kier alpha value is -1.43. The van der Waals surface area contributed by atoms with Crippen LogP contribution in [0.2, 0.25) is 0 Å². The number of nitrogens with one attached hydrogen (secondary N) is 1. The summed E-state index contributed by atoms with van der Waals surface area (Å²) in [6.45, 7) is 9.94. The Morgan fingerprint density at radius 1 is 1.21 bits per heavy atom. The van der Waals surface area contributed by atoms with E-state index in [0.29, 0.717) is 5.13 Å². The van der Waals surface area contributed by atoms with Crippen LogP contribution in [0, 0.1) is 19.8 Å². The maximum absolute atomic E-state index is 12.9. The summed E-state index contributed by atoms with van der Waals surface area (Å²) in [6, 6.07) is 0. The lowest BCUT2D eigenvalue weighted by atomic mass is 9.87. The fourth-order valence-electron chi connectivity index (χ4n) is 3.04. The molecule has 2 amide bonds. The van der Waals surface area contributed by atoms with Crippen molar-refractivity contribution in [1.29, 1.82) is 0 Å². The fraction of sp³-hybridized carbons (Fsp3) is 0.722. The number of carbonyl (C=O) groups excluding carboxylic acids is 2. The highest BCUT2D eigenvalue weighted by Crippen LogP contribution is 2.28. The Balaban J connectivity index is 2.05. The maximum atomic E-state index is 12.9. The van der Waals surface area contributed by atoms with Gasteiger partial charge in [0.1, 0.15) is 6.54 Å². The number of hydrogen-bond donors (Lipinski definition) is 1. The number of aromatic nitrogens is 1. The number of aryl methyl sites for hydroxylation is 2. The van der Waals surface area contributed by atoms with Crippen molar-refractivity contribution in [3.8, 4) is 0 Å². The van der Waals surface area contributed by atoms with Crippen molar-refractivity contribution in [2.75, 3.05) is 11.9 Å². The Morgan fingerprint density at radius 3 is 2.33 bits per heavy atom. The molecule has 24 heavy (non-hydrogen) atoms. The topological polar surface area (TPSA) is 62.3 Å². The first-order valence-corrected chi connectivity index (χ1v) is 9.55. The molecule has 0 aromatic carbocycles. The predicted octanol–water partition coefficient (Wildman–Crippen LogP) is 3.91. The van der Waals surface area contributed by atoms with Gasteiger partial charge in [-0.25, -0.2) is 4.98 Å². The number of nitrogens with zero attached hydrogens (tertiary/aromatic N) is 2. The molecule has 1 aliphatic carbocycles. The molecule has 1 saturated carbocycles. The summed E-state index contributed by atoms with van der Waals surface area (Å²) >= 11 is 1.47. The van der Waals surface area contributed by atoms with Crippen molar-refractivity contribution in [3.63, 3.8) is 0 Å². The van der Waals surface area contributed by atoms with Gasteiger partial charge >= 0.3 is 0 Å². The zero-order valence-corrected chi connectivity index (χ0v) is 16.3. The summed E-state index contributed by atoms with van der Waals surface area (Å²) in [5.74, 6) is 0.00168. The van der Waals surface area contributed by atoms with Crippen molar-refractivity contribution in [1.82, 2.24) is 9.88 Å². The van der Waals surface area contributed by atoms with Crippen molar-refractivity contribution in [3.05, 3.63) is 10.6 Å². The minimum Gasteiger partial charge on any atom is -0.328 e. The van der Waals surface area contributed by atoms with Gasteiger partial charge in [-0.3, -0.25) is 9.59 Å². The van der Waals surface area contributed by atoms with Gasteiger partial charge in [0, 0.05) is 16.3 Å². The van der Waals surface area contributed by atoms with Crippen LogP contribution in [0.25, 0.3) is 0 Å². The van der Waals surface area contributed by atoms with E-state index in [1.54, 1.807) is 4.90 Å². The summed E-state index contributed by atoms with van der Waals surface area (Å²) in [6.07, 6.45) is 5.31. The predicted molar refractivity (Wildman–Crippen MR) is 98.3 cm³/mol. The summed E-state index contributed by atoms with van der Waals surface area (Å²) in [5, 5.41) is 3.44. The van der Waals surface area contributed by atoms with Crippen molar-refractivity contribution in [2.45, 2.75) is 72.3 Å². The average Bonchev–Trinajstić information content (AvgIpc) is 2.82. The van der Waals surface area contributed by atoms with Crippen LogP contribution in [0.4, 0.5) is 5.13 Å². The van der Waals surface area contributed by atoms with Crippen LogP contribution in [0.15, 0.2) is 0 Å². The molecular weight excluding hydrogens is 322 g/mol. The number of rotatable bonds is 4. The quantitative estimate of drug-likeness (QED) is 0.895. The minimum absolute atomic E-state index is 0.0649. The summed E-state index contributed by atoms with van der Waals surface area (Å²) < 4.78 is 0. The number of hydrogen-bond acceptors (Lipinski definition) is 4.